The van der Waals surface area contributed by atoms with Crippen molar-refractivity contribution >= 4 is 5.97 Å². The van der Waals surface area contributed by atoms with Crippen LogP contribution in [0.3, 0.4) is 0 Å². The van der Waals surface area contributed by atoms with E-state index in [1.54, 1.807) is 12.1 Å². The molecule has 20 heavy (non-hydrogen) atoms. The fraction of sp³-hybridized carbons (Fsp3) is 0.471. The van der Waals surface area contributed by atoms with Gasteiger partial charge in [-0.2, -0.15) is 0 Å². The molecular weight excluding hydrogens is 252 g/mol. The van der Waals surface area contributed by atoms with Gasteiger partial charge in [0, 0.05) is 5.41 Å². The number of carbonyl (C=O) groups is 1. The van der Waals surface area contributed by atoms with Gasteiger partial charge in [0.15, 0.2) is 0 Å². The van der Waals surface area contributed by atoms with Crippen LogP contribution >= 0.6 is 0 Å². The number of allylic oxidation sites excluding steroid dienone is 2. The van der Waals surface area contributed by atoms with Crippen LogP contribution in [0.4, 0.5) is 0 Å². The zero-order chi connectivity index (χ0) is 14.8. The van der Waals surface area contributed by atoms with Crippen molar-refractivity contribution in [2.75, 3.05) is 6.61 Å². The van der Waals surface area contributed by atoms with Crippen molar-refractivity contribution in [2.24, 2.45) is 5.92 Å². The first-order valence-electron chi connectivity index (χ1n) is 7.08. The molecule has 0 radical (unpaired) electrons. The van der Waals surface area contributed by atoms with Gasteiger partial charge in [-0.15, -0.1) is 0 Å². The molecule has 1 aliphatic rings. The molecule has 1 fully saturated rings. The average molecular weight is 274 g/mol. The minimum atomic E-state index is -0.917. The van der Waals surface area contributed by atoms with Crippen molar-refractivity contribution in [1.82, 2.24) is 0 Å². The Balaban J connectivity index is 2.31. The van der Waals surface area contributed by atoms with E-state index in [0.717, 1.165) is 5.56 Å². The fourth-order valence-corrected chi connectivity index (χ4v) is 2.19. The normalized spacial score (nSPS) is 15.6. The molecule has 0 aromatic heterocycles. The second-order valence-corrected chi connectivity index (χ2v) is 6.03. The SMILES string of the molecule is C/C=C/C(C)(C)c1cc(OCC2CC2)cc(C(=O)O)c1. The van der Waals surface area contributed by atoms with E-state index < -0.39 is 5.97 Å². The molecule has 3 nitrogen and oxygen atoms in total. The van der Waals surface area contributed by atoms with Crippen molar-refractivity contribution in [1.29, 1.82) is 0 Å². The van der Waals surface area contributed by atoms with Crippen LogP contribution < -0.4 is 4.74 Å². The number of hydrogen-bond acceptors (Lipinski definition) is 2. The maximum Gasteiger partial charge on any atom is 0.335 e. The van der Waals surface area contributed by atoms with Gasteiger partial charge in [-0.1, -0.05) is 26.0 Å². The largest absolute Gasteiger partial charge is 0.493 e. The van der Waals surface area contributed by atoms with E-state index in [2.05, 4.69) is 19.9 Å². The number of aromatic carboxylic acids is 1. The first-order chi connectivity index (χ1) is 9.42. The van der Waals surface area contributed by atoms with Crippen LogP contribution in [0.5, 0.6) is 5.75 Å². The minimum absolute atomic E-state index is 0.210. The Morgan fingerprint density at radius 1 is 1.40 bits per heavy atom. The van der Waals surface area contributed by atoms with E-state index in [1.807, 2.05) is 19.1 Å². The monoisotopic (exact) mass is 274 g/mol. The van der Waals surface area contributed by atoms with Crippen molar-refractivity contribution in [3.05, 3.63) is 41.5 Å². The van der Waals surface area contributed by atoms with Gasteiger partial charge in [0.05, 0.1) is 12.2 Å². The molecule has 0 unspecified atom stereocenters. The molecule has 108 valence electrons. The zero-order valence-electron chi connectivity index (χ0n) is 12.3. The summed E-state index contributed by atoms with van der Waals surface area (Å²) >= 11 is 0. The van der Waals surface area contributed by atoms with Crippen LogP contribution in [0, 0.1) is 5.92 Å². The third kappa shape index (κ3) is 3.62. The lowest BCUT2D eigenvalue weighted by molar-refractivity contribution is 0.0696. The van der Waals surface area contributed by atoms with E-state index in [-0.39, 0.29) is 11.0 Å². The summed E-state index contributed by atoms with van der Waals surface area (Å²) in [7, 11) is 0. The predicted molar refractivity (Wildman–Crippen MR) is 79.5 cm³/mol. The van der Waals surface area contributed by atoms with Gasteiger partial charge in [0.2, 0.25) is 0 Å². The highest BCUT2D eigenvalue weighted by Gasteiger charge is 2.23. The van der Waals surface area contributed by atoms with Gasteiger partial charge in [0.1, 0.15) is 5.75 Å². The molecule has 3 heteroatoms. The quantitative estimate of drug-likeness (QED) is 0.797. The molecule has 0 aliphatic heterocycles. The topological polar surface area (TPSA) is 46.5 Å². The third-order valence-electron chi connectivity index (χ3n) is 3.66. The summed E-state index contributed by atoms with van der Waals surface area (Å²) < 4.78 is 5.75. The standard InChI is InChI=1S/C17H22O3/c1-4-7-17(2,3)14-8-13(16(18)19)9-15(10-14)20-11-12-5-6-12/h4,7-10,12H,5-6,11H2,1-3H3,(H,18,19)/b7-4+. The number of hydrogen-bond donors (Lipinski definition) is 1. The summed E-state index contributed by atoms with van der Waals surface area (Å²) in [4.78, 5) is 11.3. The molecule has 1 saturated carbocycles. The van der Waals surface area contributed by atoms with Crippen LogP contribution in [0.25, 0.3) is 0 Å². The molecule has 1 aliphatic carbocycles. The number of carboxylic acid groups (broad SMARTS) is 1. The maximum absolute atomic E-state index is 11.3. The van der Waals surface area contributed by atoms with Gasteiger partial charge in [0.25, 0.3) is 0 Å². The van der Waals surface area contributed by atoms with Crippen molar-refractivity contribution in [3.8, 4) is 5.75 Å². The number of rotatable bonds is 6. The van der Waals surface area contributed by atoms with Gasteiger partial charge < -0.3 is 9.84 Å². The first kappa shape index (κ1) is 14.6. The molecule has 0 spiro atoms. The minimum Gasteiger partial charge on any atom is -0.493 e. The van der Waals surface area contributed by atoms with Crippen LogP contribution in [-0.4, -0.2) is 17.7 Å². The van der Waals surface area contributed by atoms with Crippen LogP contribution in [0.15, 0.2) is 30.4 Å². The van der Waals surface area contributed by atoms with E-state index >= 15 is 0 Å². The second-order valence-electron chi connectivity index (χ2n) is 6.03. The summed E-state index contributed by atoms with van der Waals surface area (Å²) in [5, 5.41) is 9.25. The van der Waals surface area contributed by atoms with Crippen LogP contribution in [-0.2, 0) is 5.41 Å². The molecule has 1 aromatic rings. The first-order valence-corrected chi connectivity index (χ1v) is 7.08. The van der Waals surface area contributed by atoms with Crippen molar-refractivity contribution in [3.63, 3.8) is 0 Å². The zero-order valence-corrected chi connectivity index (χ0v) is 12.3. The maximum atomic E-state index is 11.3. The van der Waals surface area contributed by atoms with E-state index in [9.17, 15) is 9.90 Å². The molecule has 0 saturated heterocycles. The fourth-order valence-electron chi connectivity index (χ4n) is 2.19. The molecule has 2 rings (SSSR count). The third-order valence-corrected chi connectivity index (χ3v) is 3.66. The highest BCUT2D eigenvalue weighted by molar-refractivity contribution is 5.88. The van der Waals surface area contributed by atoms with Crippen LogP contribution in [0.2, 0.25) is 0 Å². The lowest BCUT2D eigenvalue weighted by Crippen LogP contribution is -2.15. The molecule has 0 atom stereocenters. The molecule has 0 amide bonds. The molecular formula is C17H22O3. The Hall–Kier alpha value is -1.77. The molecule has 0 bridgehead atoms. The summed E-state index contributed by atoms with van der Waals surface area (Å²) in [5.41, 5.74) is 1.03. The summed E-state index contributed by atoms with van der Waals surface area (Å²) in [5.74, 6) is 0.388. The second kappa shape index (κ2) is 5.70. The van der Waals surface area contributed by atoms with Crippen LogP contribution in [0.1, 0.15) is 49.5 Å². The molecule has 0 heterocycles. The molecule has 1 aromatic carbocycles. The van der Waals surface area contributed by atoms with Crippen molar-refractivity contribution < 1.29 is 14.6 Å². The van der Waals surface area contributed by atoms with Gasteiger partial charge in [-0.25, -0.2) is 4.79 Å². The van der Waals surface area contributed by atoms with E-state index in [1.165, 1.54) is 12.8 Å². The van der Waals surface area contributed by atoms with Gasteiger partial charge in [-0.3, -0.25) is 0 Å². The van der Waals surface area contributed by atoms with Gasteiger partial charge in [-0.05, 0) is 49.4 Å². The summed E-state index contributed by atoms with van der Waals surface area (Å²) in [6, 6.07) is 5.29. The Morgan fingerprint density at radius 2 is 2.10 bits per heavy atom. The lowest BCUT2D eigenvalue weighted by atomic mass is 9.83. The predicted octanol–water partition coefficient (Wildman–Crippen LogP) is 4.03. The highest BCUT2D eigenvalue weighted by Crippen LogP contribution is 2.32. The van der Waals surface area contributed by atoms with E-state index in [0.29, 0.717) is 18.3 Å². The Labute approximate surface area is 120 Å². The summed E-state index contributed by atoms with van der Waals surface area (Å²) in [6.07, 6.45) is 6.49. The van der Waals surface area contributed by atoms with Gasteiger partial charge >= 0.3 is 5.97 Å². The highest BCUT2D eigenvalue weighted by atomic mass is 16.5. The Morgan fingerprint density at radius 3 is 2.65 bits per heavy atom. The number of benzene rings is 1. The lowest BCUT2D eigenvalue weighted by Gasteiger charge is -2.22. The Bertz CT molecular complexity index is 525. The smallest absolute Gasteiger partial charge is 0.335 e. The van der Waals surface area contributed by atoms with E-state index in [4.69, 9.17) is 4.74 Å². The Kier molecular flexibility index (Phi) is 4.17. The number of carboxylic acids is 1. The number of ether oxygens (including phenoxy) is 1. The summed E-state index contributed by atoms with van der Waals surface area (Å²) in [6.45, 7) is 6.79. The average Bonchev–Trinajstić information content (AvgIpc) is 3.20. The molecule has 1 N–H and O–H groups in total. The van der Waals surface area contributed by atoms with Crippen molar-refractivity contribution in [2.45, 2.75) is 39.0 Å².